The van der Waals surface area contributed by atoms with Gasteiger partial charge in [0, 0.05) is 11.1 Å². The summed E-state index contributed by atoms with van der Waals surface area (Å²) in [6.07, 6.45) is 0. The van der Waals surface area contributed by atoms with Crippen molar-refractivity contribution in [3.8, 4) is 17.2 Å². The second-order valence-corrected chi connectivity index (χ2v) is 8.44. The molecule has 0 aliphatic rings. The van der Waals surface area contributed by atoms with Crippen molar-refractivity contribution in [3.63, 3.8) is 0 Å². The SMILES string of the molecule is C/C(=N\OCC(=O)O)c1cc(Br)c(Oc2ccc(O)c(C(=O)c3ccc(F)cc3)c2)c(Br)c1. The molecule has 0 radical (unpaired) electrons. The largest absolute Gasteiger partial charge is 0.507 e. The summed E-state index contributed by atoms with van der Waals surface area (Å²) in [6, 6.07) is 12.6. The number of hydrogen-bond acceptors (Lipinski definition) is 6. The molecule has 3 aromatic carbocycles. The van der Waals surface area contributed by atoms with Gasteiger partial charge in [-0.1, -0.05) is 5.16 Å². The van der Waals surface area contributed by atoms with E-state index in [1.807, 2.05) is 0 Å². The van der Waals surface area contributed by atoms with E-state index in [9.17, 15) is 19.1 Å². The van der Waals surface area contributed by atoms with Gasteiger partial charge in [0.15, 0.2) is 11.5 Å². The summed E-state index contributed by atoms with van der Waals surface area (Å²) in [6.45, 7) is 1.10. The monoisotopic (exact) mass is 579 g/mol. The van der Waals surface area contributed by atoms with Gasteiger partial charge in [0.05, 0.1) is 20.2 Å². The van der Waals surface area contributed by atoms with E-state index >= 15 is 0 Å². The third kappa shape index (κ3) is 6.17. The van der Waals surface area contributed by atoms with Crippen molar-refractivity contribution in [3.05, 3.63) is 86.1 Å². The molecule has 0 saturated heterocycles. The Kier molecular flexibility index (Phi) is 7.83. The van der Waals surface area contributed by atoms with Crippen LogP contribution in [0, 0.1) is 5.82 Å². The molecule has 0 fully saturated rings. The van der Waals surface area contributed by atoms with Gasteiger partial charge in [-0.3, -0.25) is 4.79 Å². The first kappa shape index (κ1) is 24.4. The Morgan fingerprint density at radius 1 is 1.00 bits per heavy atom. The number of halogens is 3. The van der Waals surface area contributed by atoms with Gasteiger partial charge in [-0.25, -0.2) is 9.18 Å². The molecule has 10 heteroatoms. The maximum absolute atomic E-state index is 13.2. The van der Waals surface area contributed by atoms with E-state index in [0.717, 1.165) is 0 Å². The Morgan fingerprint density at radius 2 is 1.64 bits per heavy atom. The summed E-state index contributed by atoms with van der Waals surface area (Å²) in [5.41, 5.74) is 1.31. The Balaban J connectivity index is 1.86. The second-order valence-electron chi connectivity index (χ2n) is 6.73. The number of hydrogen-bond donors (Lipinski definition) is 2. The normalized spacial score (nSPS) is 11.2. The third-order valence-corrected chi connectivity index (χ3v) is 5.52. The number of carboxylic acids is 1. The van der Waals surface area contributed by atoms with Crippen LogP contribution in [0.4, 0.5) is 4.39 Å². The number of aromatic hydroxyl groups is 1. The van der Waals surface area contributed by atoms with E-state index in [1.54, 1.807) is 19.1 Å². The molecule has 2 N–H and O–H groups in total. The van der Waals surface area contributed by atoms with Gasteiger partial charge in [0.2, 0.25) is 6.61 Å². The zero-order chi connectivity index (χ0) is 24.1. The molecular formula is C23H16Br2FNO6. The van der Waals surface area contributed by atoms with Crippen molar-refractivity contribution in [1.29, 1.82) is 0 Å². The number of nitrogens with zero attached hydrogens (tertiary/aromatic N) is 1. The van der Waals surface area contributed by atoms with Crippen molar-refractivity contribution in [2.45, 2.75) is 6.92 Å². The zero-order valence-corrected chi connectivity index (χ0v) is 20.2. The fraction of sp³-hybridized carbons (Fsp3) is 0.0870. The van der Waals surface area contributed by atoms with Crippen molar-refractivity contribution in [2.24, 2.45) is 5.16 Å². The fourth-order valence-electron chi connectivity index (χ4n) is 2.74. The molecule has 3 aromatic rings. The molecule has 0 aromatic heterocycles. The van der Waals surface area contributed by atoms with Crippen LogP contribution in [0.15, 0.2) is 68.7 Å². The van der Waals surface area contributed by atoms with Crippen LogP contribution in [0.2, 0.25) is 0 Å². The molecular weight excluding hydrogens is 565 g/mol. The molecule has 170 valence electrons. The van der Waals surface area contributed by atoms with Gasteiger partial charge >= 0.3 is 5.97 Å². The predicted octanol–water partition coefficient (Wildman–Crippen LogP) is 5.90. The molecule has 7 nitrogen and oxygen atoms in total. The Hall–Kier alpha value is -3.24. The van der Waals surface area contributed by atoms with Gasteiger partial charge in [0.1, 0.15) is 17.3 Å². The third-order valence-electron chi connectivity index (χ3n) is 4.34. The van der Waals surface area contributed by atoms with Crippen LogP contribution in [-0.2, 0) is 9.63 Å². The molecule has 0 unspecified atom stereocenters. The molecule has 0 aliphatic heterocycles. The maximum Gasteiger partial charge on any atom is 0.344 e. The van der Waals surface area contributed by atoms with Crippen LogP contribution >= 0.6 is 31.9 Å². The minimum Gasteiger partial charge on any atom is -0.507 e. The standard InChI is InChI=1S/C23H16Br2FNO6/c1-12(27-32-11-21(29)30)14-8-18(24)23(19(25)9-14)33-16-6-7-20(28)17(10-16)22(31)13-2-4-15(26)5-3-13/h2-10,28H,11H2,1H3,(H,29,30)/b27-12+. The number of carbonyl (C=O) groups excluding carboxylic acids is 1. The quantitative estimate of drug-likeness (QED) is 0.195. The number of aliphatic carboxylic acids is 1. The fourth-order valence-corrected chi connectivity index (χ4v) is 4.09. The number of ether oxygens (including phenoxy) is 1. The highest BCUT2D eigenvalue weighted by molar-refractivity contribution is 9.11. The van der Waals surface area contributed by atoms with Crippen LogP contribution in [0.25, 0.3) is 0 Å². The number of carboxylic acid groups (broad SMARTS) is 1. The molecule has 33 heavy (non-hydrogen) atoms. The number of phenolic OH excluding ortho intramolecular Hbond substituents is 1. The average Bonchev–Trinajstić information content (AvgIpc) is 2.77. The predicted molar refractivity (Wildman–Crippen MR) is 126 cm³/mol. The number of phenols is 1. The molecule has 3 rings (SSSR count). The van der Waals surface area contributed by atoms with Gasteiger partial charge in [-0.05, 0) is 93.4 Å². The molecule has 0 saturated carbocycles. The van der Waals surface area contributed by atoms with Crippen molar-refractivity contribution in [1.82, 2.24) is 0 Å². The lowest BCUT2D eigenvalue weighted by molar-refractivity contribution is -0.142. The lowest BCUT2D eigenvalue weighted by atomic mass is 10.0. The minimum atomic E-state index is -1.14. The molecule has 0 heterocycles. The summed E-state index contributed by atoms with van der Waals surface area (Å²) >= 11 is 6.85. The van der Waals surface area contributed by atoms with Crippen LogP contribution in [-0.4, -0.2) is 34.3 Å². The first-order chi connectivity index (χ1) is 15.7. The van der Waals surface area contributed by atoms with E-state index in [2.05, 4.69) is 37.0 Å². The zero-order valence-electron chi connectivity index (χ0n) is 17.0. The highest BCUT2D eigenvalue weighted by atomic mass is 79.9. The van der Waals surface area contributed by atoms with Gasteiger partial charge in [-0.15, -0.1) is 0 Å². The summed E-state index contributed by atoms with van der Waals surface area (Å²) in [5, 5.41) is 22.6. The van der Waals surface area contributed by atoms with E-state index in [4.69, 9.17) is 14.7 Å². The molecule has 0 amide bonds. The molecule has 0 bridgehead atoms. The van der Waals surface area contributed by atoms with Crippen molar-refractivity contribution in [2.75, 3.05) is 6.61 Å². The maximum atomic E-state index is 13.2. The van der Waals surface area contributed by atoms with E-state index in [1.165, 1.54) is 42.5 Å². The van der Waals surface area contributed by atoms with Crippen molar-refractivity contribution < 1.29 is 33.8 Å². The number of rotatable bonds is 8. The highest BCUT2D eigenvalue weighted by Gasteiger charge is 2.17. The minimum absolute atomic E-state index is 0.00142. The summed E-state index contributed by atoms with van der Waals surface area (Å²) in [5.74, 6) is -1.66. The first-order valence-electron chi connectivity index (χ1n) is 9.34. The van der Waals surface area contributed by atoms with Crippen LogP contribution < -0.4 is 4.74 Å². The highest BCUT2D eigenvalue weighted by Crippen LogP contribution is 2.39. The summed E-state index contributed by atoms with van der Waals surface area (Å²) in [7, 11) is 0. The van der Waals surface area contributed by atoms with E-state index < -0.39 is 24.2 Å². The molecule has 0 aliphatic carbocycles. The van der Waals surface area contributed by atoms with Gasteiger partial charge in [-0.2, -0.15) is 0 Å². The molecule has 0 atom stereocenters. The Labute approximate surface area is 204 Å². The molecule has 0 spiro atoms. The van der Waals surface area contributed by atoms with Gasteiger partial charge in [0.25, 0.3) is 0 Å². The lowest BCUT2D eigenvalue weighted by Crippen LogP contribution is -2.05. The lowest BCUT2D eigenvalue weighted by Gasteiger charge is -2.13. The number of carbonyl (C=O) groups is 2. The van der Waals surface area contributed by atoms with Crippen LogP contribution in [0.5, 0.6) is 17.2 Å². The number of benzene rings is 3. The smallest absolute Gasteiger partial charge is 0.344 e. The summed E-state index contributed by atoms with van der Waals surface area (Å²) < 4.78 is 20.2. The first-order valence-corrected chi connectivity index (χ1v) is 10.9. The average molecular weight is 581 g/mol. The Morgan fingerprint density at radius 3 is 2.24 bits per heavy atom. The number of ketones is 1. The Bertz CT molecular complexity index is 1220. The topological polar surface area (TPSA) is 105 Å². The second kappa shape index (κ2) is 10.6. The number of oxime groups is 1. The summed E-state index contributed by atoms with van der Waals surface area (Å²) in [4.78, 5) is 28.1. The van der Waals surface area contributed by atoms with Crippen LogP contribution in [0.3, 0.4) is 0 Å². The van der Waals surface area contributed by atoms with Gasteiger partial charge < -0.3 is 19.8 Å². The van der Waals surface area contributed by atoms with Crippen molar-refractivity contribution >= 4 is 49.3 Å². The van der Waals surface area contributed by atoms with E-state index in [-0.39, 0.29) is 22.6 Å². The van der Waals surface area contributed by atoms with Crippen LogP contribution in [0.1, 0.15) is 28.4 Å². The van der Waals surface area contributed by atoms with E-state index in [0.29, 0.717) is 26.0 Å².